The van der Waals surface area contributed by atoms with Crippen LogP contribution in [0.15, 0.2) is 30.6 Å². The maximum atomic E-state index is 9.06. The fourth-order valence-corrected chi connectivity index (χ4v) is 2.23. The van der Waals surface area contributed by atoms with Crippen LogP contribution >= 0.6 is 0 Å². The molecule has 1 fully saturated rings. The smallest absolute Gasteiger partial charge is 0.137 e. The molecule has 1 saturated carbocycles. The molecule has 0 bridgehead atoms. The van der Waals surface area contributed by atoms with Crippen LogP contribution < -0.4 is 0 Å². The maximum Gasteiger partial charge on any atom is 0.137 e. The van der Waals surface area contributed by atoms with Gasteiger partial charge in [-0.1, -0.05) is 6.07 Å². The Morgan fingerprint density at radius 3 is 3.00 bits per heavy atom. The highest BCUT2D eigenvalue weighted by atomic mass is 16.3. The lowest BCUT2D eigenvalue weighted by molar-refractivity contribution is 0.182. The van der Waals surface area contributed by atoms with Gasteiger partial charge in [0, 0.05) is 31.5 Å². The summed E-state index contributed by atoms with van der Waals surface area (Å²) in [6, 6.07) is 6.67. The van der Waals surface area contributed by atoms with E-state index in [1.807, 2.05) is 28.8 Å². The molecule has 0 aliphatic heterocycles. The van der Waals surface area contributed by atoms with Crippen molar-refractivity contribution in [2.45, 2.75) is 25.4 Å². The predicted molar refractivity (Wildman–Crippen MR) is 65.7 cm³/mol. The van der Waals surface area contributed by atoms with E-state index in [4.69, 9.17) is 5.11 Å². The van der Waals surface area contributed by atoms with Gasteiger partial charge in [0.2, 0.25) is 0 Å². The zero-order valence-electron chi connectivity index (χ0n) is 9.79. The lowest BCUT2D eigenvalue weighted by Crippen LogP contribution is -2.28. The fourth-order valence-electron chi connectivity index (χ4n) is 2.23. The Morgan fingerprint density at radius 2 is 2.29 bits per heavy atom. The van der Waals surface area contributed by atoms with Crippen LogP contribution in [0.25, 0.3) is 5.65 Å². The molecule has 1 aliphatic carbocycles. The van der Waals surface area contributed by atoms with E-state index >= 15 is 0 Å². The second-order valence-corrected chi connectivity index (χ2v) is 4.62. The number of aliphatic hydroxyl groups is 1. The van der Waals surface area contributed by atoms with Crippen molar-refractivity contribution in [3.8, 4) is 0 Å². The third-order valence-electron chi connectivity index (χ3n) is 3.23. The highest BCUT2D eigenvalue weighted by Gasteiger charge is 2.28. The van der Waals surface area contributed by atoms with Crippen molar-refractivity contribution in [2.24, 2.45) is 0 Å². The first-order chi connectivity index (χ1) is 8.36. The first-order valence-electron chi connectivity index (χ1n) is 6.14. The summed E-state index contributed by atoms with van der Waals surface area (Å²) in [5, 5.41) is 9.06. The van der Waals surface area contributed by atoms with Gasteiger partial charge in [-0.15, -0.1) is 0 Å². The summed E-state index contributed by atoms with van der Waals surface area (Å²) in [7, 11) is 0. The Bertz CT molecular complexity index is 471. The highest BCUT2D eigenvalue weighted by Crippen LogP contribution is 2.27. The molecule has 2 aromatic rings. The Morgan fingerprint density at radius 1 is 1.41 bits per heavy atom. The minimum atomic E-state index is 0.226. The highest BCUT2D eigenvalue weighted by molar-refractivity contribution is 5.39. The van der Waals surface area contributed by atoms with Gasteiger partial charge in [-0.3, -0.25) is 4.90 Å². The second-order valence-electron chi connectivity index (χ2n) is 4.62. The molecule has 0 unspecified atom stereocenters. The molecule has 0 aromatic carbocycles. The molecule has 17 heavy (non-hydrogen) atoms. The average molecular weight is 231 g/mol. The number of rotatable bonds is 5. The van der Waals surface area contributed by atoms with E-state index in [0.29, 0.717) is 6.04 Å². The van der Waals surface area contributed by atoms with Gasteiger partial charge in [0.05, 0.1) is 12.3 Å². The molecular formula is C13H17N3O. The lowest BCUT2D eigenvalue weighted by atomic mass is 10.4. The van der Waals surface area contributed by atoms with Crippen molar-refractivity contribution in [3.05, 3.63) is 36.3 Å². The van der Waals surface area contributed by atoms with Crippen LogP contribution in [-0.2, 0) is 6.54 Å². The van der Waals surface area contributed by atoms with Crippen molar-refractivity contribution in [2.75, 3.05) is 13.2 Å². The van der Waals surface area contributed by atoms with Crippen molar-refractivity contribution in [1.82, 2.24) is 14.3 Å². The van der Waals surface area contributed by atoms with Crippen molar-refractivity contribution in [3.63, 3.8) is 0 Å². The lowest BCUT2D eigenvalue weighted by Gasteiger charge is -2.19. The Labute approximate surface area is 101 Å². The molecule has 4 nitrogen and oxygen atoms in total. The summed E-state index contributed by atoms with van der Waals surface area (Å²) in [6.45, 7) is 1.81. The molecule has 2 aromatic heterocycles. The molecular weight excluding hydrogens is 214 g/mol. The van der Waals surface area contributed by atoms with Crippen LogP contribution in [0.4, 0.5) is 0 Å². The number of imidazole rings is 1. The zero-order chi connectivity index (χ0) is 11.7. The number of aliphatic hydroxyl groups excluding tert-OH is 1. The summed E-state index contributed by atoms with van der Waals surface area (Å²) in [4.78, 5) is 6.91. The number of fused-ring (bicyclic) bond motifs is 1. The fraction of sp³-hybridized carbons (Fsp3) is 0.462. The molecule has 1 N–H and O–H groups in total. The quantitative estimate of drug-likeness (QED) is 0.843. The van der Waals surface area contributed by atoms with Gasteiger partial charge in [0.25, 0.3) is 0 Å². The molecule has 1 aliphatic rings. The molecule has 0 atom stereocenters. The van der Waals surface area contributed by atoms with Crippen LogP contribution in [0.2, 0.25) is 0 Å². The Balaban J connectivity index is 1.78. The standard InChI is InChI=1S/C13H17N3O/c17-8-7-15(12-4-5-12)9-11-10-16-6-2-1-3-13(16)14-11/h1-3,6,10,12,17H,4-5,7-9H2. The first-order valence-corrected chi connectivity index (χ1v) is 6.14. The Hall–Kier alpha value is -1.39. The van der Waals surface area contributed by atoms with Crippen LogP contribution in [-0.4, -0.2) is 38.6 Å². The van der Waals surface area contributed by atoms with Gasteiger partial charge in [-0.05, 0) is 25.0 Å². The van der Waals surface area contributed by atoms with Gasteiger partial charge in [0.1, 0.15) is 5.65 Å². The molecule has 90 valence electrons. The molecule has 0 saturated heterocycles. The molecule has 0 amide bonds. The maximum absolute atomic E-state index is 9.06. The van der Waals surface area contributed by atoms with Crippen LogP contribution in [0.5, 0.6) is 0 Å². The van der Waals surface area contributed by atoms with Crippen LogP contribution in [0, 0.1) is 0 Å². The van der Waals surface area contributed by atoms with Gasteiger partial charge in [0.15, 0.2) is 0 Å². The van der Waals surface area contributed by atoms with Crippen molar-refractivity contribution < 1.29 is 5.11 Å². The first kappa shape index (κ1) is 10.7. The molecule has 0 spiro atoms. The molecule has 0 radical (unpaired) electrons. The Kier molecular flexibility index (Phi) is 2.82. The summed E-state index contributed by atoms with van der Waals surface area (Å²) in [5.41, 5.74) is 2.07. The number of nitrogens with zero attached hydrogens (tertiary/aromatic N) is 3. The number of pyridine rings is 1. The third-order valence-corrected chi connectivity index (χ3v) is 3.23. The number of aromatic nitrogens is 2. The topological polar surface area (TPSA) is 40.8 Å². The van der Waals surface area contributed by atoms with Crippen molar-refractivity contribution >= 4 is 5.65 Å². The minimum absolute atomic E-state index is 0.226. The van der Waals surface area contributed by atoms with E-state index in [1.165, 1.54) is 12.8 Å². The molecule has 4 heteroatoms. The summed E-state index contributed by atoms with van der Waals surface area (Å²) in [5.74, 6) is 0. The van der Waals surface area contributed by atoms with Gasteiger partial charge < -0.3 is 9.51 Å². The van der Waals surface area contributed by atoms with Gasteiger partial charge in [-0.2, -0.15) is 0 Å². The largest absolute Gasteiger partial charge is 0.395 e. The molecule has 3 rings (SSSR count). The van der Waals surface area contributed by atoms with E-state index in [9.17, 15) is 0 Å². The third kappa shape index (κ3) is 2.33. The number of hydrogen-bond donors (Lipinski definition) is 1. The predicted octanol–water partition coefficient (Wildman–Crippen LogP) is 1.29. The van der Waals surface area contributed by atoms with E-state index in [-0.39, 0.29) is 6.61 Å². The van der Waals surface area contributed by atoms with E-state index in [2.05, 4.69) is 16.1 Å². The molecule has 2 heterocycles. The monoisotopic (exact) mass is 231 g/mol. The van der Waals surface area contributed by atoms with Crippen LogP contribution in [0.3, 0.4) is 0 Å². The van der Waals surface area contributed by atoms with E-state index < -0.39 is 0 Å². The summed E-state index contributed by atoms with van der Waals surface area (Å²) >= 11 is 0. The summed E-state index contributed by atoms with van der Waals surface area (Å²) in [6.07, 6.45) is 6.60. The second kappa shape index (κ2) is 4.47. The minimum Gasteiger partial charge on any atom is -0.395 e. The van der Waals surface area contributed by atoms with Crippen LogP contribution in [0.1, 0.15) is 18.5 Å². The normalized spacial score (nSPS) is 15.9. The van der Waals surface area contributed by atoms with Crippen molar-refractivity contribution in [1.29, 1.82) is 0 Å². The van der Waals surface area contributed by atoms with Gasteiger partial charge >= 0.3 is 0 Å². The summed E-state index contributed by atoms with van der Waals surface area (Å²) < 4.78 is 2.04. The van der Waals surface area contributed by atoms with E-state index in [0.717, 1.165) is 24.4 Å². The number of hydrogen-bond acceptors (Lipinski definition) is 3. The zero-order valence-corrected chi connectivity index (χ0v) is 9.79. The average Bonchev–Trinajstić information content (AvgIpc) is 3.09. The van der Waals surface area contributed by atoms with Gasteiger partial charge in [-0.25, -0.2) is 4.98 Å². The SMILES string of the molecule is OCCN(Cc1cn2ccccc2n1)C1CC1. The van der Waals surface area contributed by atoms with E-state index in [1.54, 1.807) is 0 Å².